The lowest BCUT2D eigenvalue weighted by Crippen LogP contribution is -2.23. The molecule has 4 rings (SSSR count). The molecule has 2 N–H and O–H groups in total. The average Bonchev–Trinajstić information content (AvgIpc) is 3.12. The number of amides is 1. The van der Waals surface area contributed by atoms with Crippen molar-refractivity contribution in [1.29, 1.82) is 0 Å². The van der Waals surface area contributed by atoms with E-state index in [4.69, 9.17) is 21.4 Å². The molecular weight excluding hydrogens is 406 g/mol. The van der Waals surface area contributed by atoms with Crippen LogP contribution in [0.3, 0.4) is 0 Å². The number of carbonyl (C=O) groups is 1. The van der Waals surface area contributed by atoms with Crippen LogP contribution in [0, 0.1) is 18.8 Å². The van der Waals surface area contributed by atoms with Crippen LogP contribution in [0.2, 0.25) is 5.02 Å². The van der Waals surface area contributed by atoms with E-state index in [0.29, 0.717) is 35.1 Å². The van der Waals surface area contributed by atoms with E-state index in [1.807, 2.05) is 6.07 Å². The number of fused-ring (bicyclic) bond motifs is 3. The zero-order chi connectivity index (χ0) is 20.7. The fourth-order valence-corrected chi connectivity index (χ4v) is 5.88. The summed E-state index contributed by atoms with van der Waals surface area (Å²) in [4.78, 5) is 15.1. The highest BCUT2D eigenvalue weighted by atomic mass is 35.5. The normalized spacial score (nSPS) is 19.4. The van der Waals surface area contributed by atoms with Crippen molar-refractivity contribution in [2.24, 2.45) is 11.8 Å². The second-order valence-corrected chi connectivity index (χ2v) is 9.69. The summed E-state index contributed by atoms with van der Waals surface area (Å²) in [5, 5.41) is 12.4. The van der Waals surface area contributed by atoms with E-state index in [-0.39, 0.29) is 19.1 Å². The van der Waals surface area contributed by atoms with Gasteiger partial charge in [0, 0.05) is 22.4 Å². The molecule has 0 unspecified atom stereocenters. The van der Waals surface area contributed by atoms with E-state index in [1.165, 1.54) is 21.6 Å². The Hall–Kier alpha value is -1.82. The Kier molecular flexibility index (Phi) is 5.74. The van der Waals surface area contributed by atoms with Gasteiger partial charge in [-0.15, -0.1) is 11.3 Å². The summed E-state index contributed by atoms with van der Waals surface area (Å²) in [5.41, 5.74) is 5.01. The number of carbonyl (C=O) groups excluding carboxylic acids is 1. The molecule has 0 spiro atoms. The van der Waals surface area contributed by atoms with Gasteiger partial charge in [0.05, 0.1) is 11.5 Å². The Labute approximate surface area is 180 Å². The van der Waals surface area contributed by atoms with Crippen molar-refractivity contribution in [3.05, 3.63) is 61.3 Å². The molecule has 1 aromatic carbocycles. The molecule has 6 heteroatoms. The first kappa shape index (κ1) is 20.5. The monoisotopic (exact) mass is 431 g/mol. The summed E-state index contributed by atoms with van der Waals surface area (Å²) in [7, 11) is 0. The van der Waals surface area contributed by atoms with Crippen LogP contribution in [0.4, 0.5) is 0 Å². The minimum Gasteiger partial charge on any atom is -0.491 e. The summed E-state index contributed by atoms with van der Waals surface area (Å²) in [6.45, 7) is 7.19. The Morgan fingerprint density at radius 3 is 2.90 bits per heavy atom. The van der Waals surface area contributed by atoms with Crippen LogP contribution in [-0.2, 0) is 13.0 Å². The minimum atomic E-state index is -0.0458. The van der Waals surface area contributed by atoms with Crippen LogP contribution in [0.15, 0.2) is 29.8 Å². The maximum atomic E-state index is 12.9. The molecule has 0 aliphatic heterocycles. The van der Waals surface area contributed by atoms with Gasteiger partial charge in [-0.25, -0.2) is 0 Å². The smallest absolute Gasteiger partial charge is 0.261 e. The van der Waals surface area contributed by atoms with Crippen molar-refractivity contribution >= 4 is 28.8 Å². The number of ether oxygens (including phenoxy) is 1. The van der Waals surface area contributed by atoms with Crippen molar-refractivity contribution in [3.8, 4) is 5.75 Å². The van der Waals surface area contributed by atoms with Crippen molar-refractivity contribution in [2.45, 2.75) is 39.7 Å². The number of nitrogens with one attached hydrogen (secondary N) is 1. The maximum Gasteiger partial charge on any atom is 0.261 e. The van der Waals surface area contributed by atoms with Crippen molar-refractivity contribution in [1.82, 2.24) is 5.32 Å². The summed E-state index contributed by atoms with van der Waals surface area (Å²) in [6.07, 6.45) is 3.38. The molecule has 1 aromatic heterocycles. The molecule has 4 nitrogen and oxygen atoms in total. The number of aryl methyl sites for hydroxylation is 1. The molecule has 0 radical (unpaired) electrons. The van der Waals surface area contributed by atoms with E-state index in [1.54, 1.807) is 23.5 Å². The van der Waals surface area contributed by atoms with E-state index in [9.17, 15) is 4.79 Å². The first-order valence-electron chi connectivity index (χ1n) is 10.0. The van der Waals surface area contributed by atoms with Crippen LogP contribution in [0.5, 0.6) is 5.75 Å². The van der Waals surface area contributed by atoms with Crippen LogP contribution in [0.1, 0.15) is 51.0 Å². The molecule has 1 heterocycles. The quantitative estimate of drug-likeness (QED) is 0.615. The first-order valence-corrected chi connectivity index (χ1v) is 11.2. The third-order valence-corrected chi connectivity index (χ3v) is 7.39. The molecule has 2 atom stereocenters. The SMILES string of the molecule is Cc1sc(C(=O)NCc2ccc(OCCO)cc2Cl)c2c1[C@@H]1C(C(C)C)=C[C@@H]1C2. The zero-order valence-corrected chi connectivity index (χ0v) is 18.5. The number of aliphatic hydroxyl groups excluding tert-OH is 1. The van der Waals surface area contributed by atoms with Gasteiger partial charge < -0.3 is 15.2 Å². The minimum absolute atomic E-state index is 0.0246. The molecule has 1 amide bonds. The van der Waals surface area contributed by atoms with Crippen molar-refractivity contribution < 1.29 is 14.6 Å². The average molecular weight is 432 g/mol. The number of thiophene rings is 1. The zero-order valence-electron chi connectivity index (χ0n) is 16.9. The van der Waals surface area contributed by atoms with E-state index < -0.39 is 0 Å². The number of benzene rings is 1. The van der Waals surface area contributed by atoms with Gasteiger partial charge in [-0.1, -0.05) is 43.2 Å². The number of halogens is 1. The molecular formula is C23H26ClNO3S. The number of hydrogen-bond acceptors (Lipinski definition) is 4. The highest BCUT2D eigenvalue weighted by molar-refractivity contribution is 7.14. The second kappa shape index (κ2) is 8.13. The lowest BCUT2D eigenvalue weighted by Gasteiger charge is -2.34. The molecule has 0 saturated carbocycles. The van der Waals surface area contributed by atoms with Gasteiger partial charge in [-0.3, -0.25) is 4.79 Å². The molecule has 0 saturated heterocycles. The van der Waals surface area contributed by atoms with Gasteiger partial charge in [-0.05, 0) is 54.0 Å². The number of hydrogen-bond donors (Lipinski definition) is 2. The van der Waals surface area contributed by atoms with Gasteiger partial charge in [0.2, 0.25) is 0 Å². The molecule has 29 heavy (non-hydrogen) atoms. The Bertz CT molecular complexity index is 979. The molecule has 2 aliphatic carbocycles. The lowest BCUT2D eigenvalue weighted by atomic mass is 9.70. The standard InChI is InChI=1S/C23H26ClNO3S/c1-12(2)17-8-15-9-18-20(21(15)17)13(3)29-22(18)23(27)25-11-14-4-5-16(10-19(14)24)28-7-6-26/h4-5,8,10,12,15,21,26H,6-7,9,11H2,1-3H3,(H,25,27)/t15-,21+/m1/s1. The van der Waals surface area contributed by atoms with Crippen molar-refractivity contribution in [3.63, 3.8) is 0 Å². The molecule has 2 aromatic rings. The fraction of sp³-hybridized carbons (Fsp3) is 0.435. The Morgan fingerprint density at radius 1 is 1.41 bits per heavy atom. The van der Waals surface area contributed by atoms with Crippen molar-refractivity contribution in [2.75, 3.05) is 13.2 Å². The van der Waals surface area contributed by atoms with Gasteiger partial charge in [0.15, 0.2) is 0 Å². The van der Waals surface area contributed by atoms with Gasteiger partial charge in [0.1, 0.15) is 12.4 Å². The van der Waals surface area contributed by atoms with E-state index in [0.717, 1.165) is 16.9 Å². The van der Waals surface area contributed by atoms with Crippen LogP contribution in [-0.4, -0.2) is 24.2 Å². The van der Waals surface area contributed by atoms with Gasteiger partial charge in [0.25, 0.3) is 5.91 Å². The molecule has 154 valence electrons. The molecule has 2 aliphatic rings. The van der Waals surface area contributed by atoms with Gasteiger partial charge in [-0.2, -0.15) is 0 Å². The predicted molar refractivity (Wildman–Crippen MR) is 117 cm³/mol. The highest BCUT2D eigenvalue weighted by Crippen LogP contribution is 2.56. The summed E-state index contributed by atoms with van der Waals surface area (Å²) in [6, 6.07) is 5.35. The summed E-state index contributed by atoms with van der Waals surface area (Å²) in [5.74, 6) is 2.23. The third-order valence-electron chi connectivity index (χ3n) is 5.88. The number of rotatable bonds is 7. The predicted octanol–water partition coefficient (Wildman–Crippen LogP) is 4.86. The van der Waals surface area contributed by atoms with Gasteiger partial charge >= 0.3 is 0 Å². The topological polar surface area (TPSA) is 58.6 Å². The third kappa shape index (κ3) is 3.72. The lowest BCUT2D eigenvalue weighted by molar-refractivity contribution is 0.0954. The van der Waals surface area contributed by atoms with Crippen LogP contribution < -0.4 is 10.1 Å². The number of allylic oxidation sites excluding steroid dienone is 2. The first-order chi connectivity index (χ1) is 13.9. The Morgan fingerprint density at radius 2 is 2.21 bits per heavy atom. The Balaban J connectivity index is 1.46. The maximum absolute atomic E-state index is 12.9. The van der Waals surface area contributed by atoms with Crippen LogP contribution >= 0.6 is 22.9 Å². The van der Waals surface area contributed by atoms with E-state index in [2.05, 4.69) is 32.2 Å². The summed E-state index contributed by atoms with van der Waals surface area (Å²) < 4.78 is 5.37. The van der Waals surface area contributed by atoms with Crippen LogP contribution in [0.25, 0.3) is 0 Å². The summed E-state index contributed by atoms with van der Waals surface area (Å²) >= 11 is 7.94. The fourth-order valence-electron chi connectivity index (χ4n) is 4.50. The largest absolute Gasteiger partial charge is 0.491 e. The second-order valence-electron chi connectivity index (χ2n) is 8.05. The van der Waals surface area contributed by atoms with E-state index >= 15 is 0 Å². The molecule has 0 bridgehead atoms. The number of aliphatic hydroxyl groups is 1. The molecule has 0 fully saturated rings. The highest BCUT2D eigenvalue weighted by Gasteiger charge is 2.44.